The van der Waals surface area contributed by atoms with Crippen LogP contribution in [0.15, 0.2) is 42.6 Å². The number of amides is 1. The van der Waals surface area contributed by atoms with E-state index in [0.717, 1.165) is 29.2 Å². The first-order chi connectivity index (χ1) is 12.9. The molecule has 1 aromatic heterocycles. The summed E-state index contributed by atoms with van der Waals surface area (Å²) in [5.74, 6) is -0.326. The van der Waals surface area contributed by atoms with Crippen LogP contribution in [0.5, 0.6) is 0 Å². The normalized spacial score (nSPS) is 10.7. The number of nitrogens with zero attached hydrogens (tertiary/aromatic N) is 2. The Kier molecular flexibility index (Phi) is 5.03. The number of fused-ring (bicyclic) bond motifs is 1. The lowest BCUT2D eigenvalue weighted by molar-refractivity contribution is -0.385. The van der Waals surface area contributed by atoms with Crippen LogP contribution in [0.1, 0.15) is 28.4 Å². The lowest BCUT2D eigenvalue weighted by Gasteiger charge is -2.10. The Morgan fingerprint density at radius 2 is 2.07 bits per heavy atom. The van der Waals surface area contributed by atoms with Gasteiger partial charge in [-0.15, -0.1) is 0 Å². The van der Waals surface area contributed by atoms with E-state index in [0.29, 0.717) is 16.8 Å². The largest absolute Gasteiger partial charge is 0.337 e. The van der Waals surface area contributed by atoms with Crippen molar-refractivity contribution in [3.63, 3.8) is 0 Å². The molecule has 0 fully saturated rings. The molecule has 1 N–H and O–H groups in total. The molecule has 0 atom stereocenters. The van der Waals surface area contributed by atoms with Crippen molar-refractivity contribution in [3.05, 3.63) is 69.4 Å². The highest BCUT2D eigenvalue weighted by Gasteiger charge is 2.15. The zero-order valence-corrected chi connectivity index (χ0v) is 15.1. The van der Waals surface area contributed by atoms with Crippen molar-refractivity contribution in [1.82, 2.24) is 4.57 Å². The van der Waals surface area contributed by atoms with Crippen LogP contribution in [-0.2, 0) is 17.8 Å². The first-order valence-electron chi connectivity index (χ1n) is 8.55. The maximum atomic E-state index is 12.5. The standard InChI is InChI=1S/C20H19N3O4/c1-3-14-5-4-6-17-15(12-24)10-22(20(14)17)11-19(25)21-16-8-7-13(2)18(9-16)23(26)27/h4-10,12H,3,11H2,1-2H3,(H,21,25). The third-order valence-corrected chi connectivity index (χ3v) is 4.52. The predicted molar refractivity (Wildman–Crippen MR) is 103 cm³/mol. The predicted octanol–water partition coefficient (Wildman–Crippen LogP) is 3.87. The van der Waals surface area contributed by atoms with Crippen LogP contribution in [0, 0.1) is 17.0 Å². The molecule has 3 rings (SSSR count). The molecule has 7 nitrogen and oxygen atoms in total. The van der Waals surface area contributed by atoms with Crippen molar-refractivity contribution in [1.29, 1.82) is 0 Å². The molecule has 2 aromatic carbocycles. The quantitative estimate of drug-likeness (QED) is 0.407. The van der Waals surface area contributed by atoms with Gasteiger partial charge in [0.2, 0.25) is 5.91 Å². The van der Waals surface area contributed by atoms with Gasteiger partial charge < -0.3 is 9.88 Å². The van der Waals surface area contributed by atoms with Crippen molar-refractivity contribution in [2.24, 2.45) is 0 Å². The molecule has 27 heavy (non-hydrogen) atoms. The van der Waals surface area contributed by atoms with Gasteiger partial charge in [0, 0.05) is 34.5 Å². The summed E-state index contributed by atoms with van der Waals surface area (Å²) in [6.45, 7) is 3.66. The molecule has 3 aromatic rings. The van der Waals surface area contributed by atoms with E-state index in [1.54, 1.807) is 29.8 Å². The van der Waals surface area contributed by atoms with Gasteiger partial charge in [0.25, 0.3) is 5.69 Å². The third-order valence-electron chi connectivity index (χ3n) is 4.52. The monoisotopic (exact) mass is 365 g/mol. The molecule has 7 heteroatoms. The highest BCUT2D eigenvalue weighted by Crippen LogP contribution is 2.25. The summed E-state index contributed by atoms with van der Waals surface area (Å²) in [5, 5.41) is 14.6. The summed E-state index contributed by atoms with van der Waals surface area (Å²) >= 11 is 0. The highest BCUT2D eigenvalue weighted by molar-refractivity contribution is 6.00. The Balaban J connectivity index is 1.90. The number of carbonyl (C=O) groups excluding carboxylic acids is 2. The molecule has 0 aliphatic heterocycles. The minimum Gasteiger partial charge on any atom is -0.337 e. The number of nitrogens with one attached hydrogen (secondary N) is 1. The number of rotatable bonds is 6. The Morgan fingerprint density at radius 1 is 1.30 bits per heavy atom. The summed E-state index contributed by atoms with van der Waals surface area (Å²) < 4.78 is 1.75. The van der Waals surface area contributed by atoms with Crippen LogP contribution in [-0.4, -0.2) is 21.7 Å². The van der Waals surface area contributed by atoms with E-state index < -0.39 is 4.92 Å². The van der Waals surface area contributed by atoms with Gasteiger partial charge in [0.05, 0.1) is 10.4 Å². The summed E-state index contributed by atoms with van der Waals surface area (Å²) in [7, 11) is 0. The van der Waals surface area contributed by atoms with Gasteiger partial charge in [-0.2, -0.15) is 0 Å². The van der Waals surface area contributed by atoms with Gasteiger partial charge in [-0.05, 0) is 25.0 Å². The third kappa shape index (κ3) is 3.57. The van der Waals surface area contributed by atoms with E-state index in [4.69, 9.17) is 0 Å². The summed E-state index contributed by atoms with van der Waals surface area (Å²) in [6, 6.07) is 10.3. The Labute approximate surface area is 155 Å². The van der Waals surface area contributed by atoms with Crippen molar-refractivity contribution >= 4 is 34.5 Å². The zero-order chi connectivity index (χ0) is 19.6. The fourth-order valence-corrected chi connectivity index (χ4v) is 3.21. The Bertz CT molecular complexity index is 1050. The highest BCUT2D eigenvalue weighted by atomic mass is 16.6. The molecule has 1 amide bonds. The number of aryl methyl sites for hydroxylation is 2. The average molecular weight is 365 g/mol. The number of para-hydroxylation sites is 1. The van der Waals surface area contributed by atoms with E-state index >= 15 is 0 Å². The van der Waals surface area contributed by atoms with Crippen LogP contribution in [0.25, 0.3) is 10.9 Å². The maximum absolute atomic E-state index is 12.5. The second-order valence-electron chi connectivity index (χ2n) is 6.30. The summed E-state index contributed by atoms with van der Waals surface area (Å²) in [5.41, 5.74) is 3.26. The fraction of sp³-hybridized carbons (Fsp3) is 0.200. The number of benzene rings is 2. The SMILES string of the molecule is CCc1cccc2c(C=O)cn(CC(=O)Nc3ccc(C)c([N+](=O)[O-])c3)c12. The van der Waals surface area contributed by atoms with Gasteiger partial charge in [0.15, 0.2) is 6.29 Å². The molecule has 138 valence electrons. The maximum Gasteiger partial charge on any atom is 0.274 e. The topological polar surface area (TPSA) is 94.2 Å². The second kappa shape index (κ2) is 7.41. The Morgan fingerprint density at radius 3 is 2.74 bits per heavy atom. The molecule has 0 saturated carbocycles. The lowest BCUT2D eigenvalue weighted by atomic mass is 10.1. The van der Waals surface area contributed by atoms with E-state index in [1.165, 1.54) is 6.07 Å². The minimum absolute atomic E-state index is 0.00300. The number of nitro benzene ring substituents is 1. The molecular weight excluding hydrogens is 346 g/mol. The molecule has 0 saturated heterocycles. The number of hydrogen-bond acceptors (Lipinski definition) is 4. The first kappa shape index (κ1) is 18.3. The van der Waals surface area contributed by atoms with Gasteiger partial charge in [-0.1, -0.05) is 31.2 Å². The summed E-state index contributed by atoms with van der Waals surface area (Å²) in [6.07, 6.45) is 3.21. The molecule has 0 unspecified atom stereocenters. The van der Waals surface area contributed by atoms with Gasteiger partial charge in [-0.25, -0.2) is 0 Å². The van der Waals surface area contributed by atoms with Crippen LogP contribution in [0.3, 0.4) is 0 Å². The average Bonchev–Trinajstić information content (AvgIpc) is 3.00. The number of aromatic nitrogens is 1. The zero-order valence-electron chi connectivity index (χ0n) is 15.1. The lowest BCUT2D eigenvalue weighted by Crippen LogP contribution is -2.18. The van der Waals surface area contributed by atoms with Crippen LogP contribution in [0.4, 0.5) is 11.4 Å². The molecule has 0 spiro atoms. The van der Waals surface area contributed by atoms with E-state index in [9.17, 15) is 19.7 Å². The van der Waals surface area contributed by atoms with Crippen LogP contribution >= 0.6 is 0 Å². The van der Waals surface area contributed by atoms with E-state index in [-0.39, 0.29) is 18.1 Å². The van der Waals surface area contributed by atoms with E-state index in [1.807, 2.05) is 25.1 Å². The van der Waals surface area contributed by atoms with Crippen molar-refractivity contribution in [2.75, 3.05) is 5.32 Å². The summed E-state index contributed by atoms with van der Waals surface area (Å²) in [4.78, 5) is 34.4. The van der Waals surface area contributed by atoms with Crippen LogP contribution in [0.2, 0.25) is 0 Å². The molecular formula is C20H19N3O4. The number of carbonyl (C=O) groups is 2. The van der Waals surface area contributed by atoms with Gasteiger partial charge in [0.1, 0.15) is 6.54 Å². The number of hydrogen-bond donors (Lipinski definition) is 1. The van der Waals surface area contributed by atoms with Crippen LogP contribution < -0.4 is 5.32 Å². The fourth-order valence-electron chi connectivity index (χ4n) is 3.21. The molecule has 0 bridgehead atoms. The van der Waals surface area contributed by atoms with Crippen molar-refractivity contribution in [3.8, 4) is 0 Å². The Hall–Kier alpha value is -3.48. The minimum atomic E-state index is -0.478. The number of nitro groups is 1. The molecule has 0 aliphatic carbocycles. The number of aldehydes is 1. The molecule has 1 heterocycles. The molecule has 0 aliphatic rings. The van der Waals surface area contributed by atoms with Crippen molar-refractivity contribution in [2.45, 2.75) is 26.8 Å². The smallest absolute Gasteiger partial charge is 0.274 e. The van der Waals surface area contributed by atoms with E-state index in [2.05, 4.69) is 5.32 Å². The first-order valence-corrected chi connectivity index (χ1v) is 8.55. The number of anilines is 1. The second-order valence-corrected chi connectivity index (χ2v) is 6.30. The van der Waals surface area contributed by atoms with Gasteiger partial charge in [-0.3, -0.25) is 19.7 Å². The molecule has 0 radical (unpaired) electrons. The van der Waals surface area contributed by atoms with Crippen molar-refractivity contribution < 1.29 is 14.5 Å². The van der Waals surface area contributed by atoms with Gasteiger partial charge >= 0.3 is 0 Å².